The Morgan fingerprint density at radius 1 is 0.900 bits per heavy atom. The van der Waals surface area contributed by atoms with E-state index in [0.717, 1.165) is 70.6 Å². The van der Waals surface area contributed by atoms with Gasteiger partial charge in [-0.05, 0) is 25.7 Å². The van der Waals surface area contributed by atoms with Gasteiger partial charge in [-0.2, -0.15) is 0 Å². The van der Waals surface area contributed by atoms with E-state index in [1.54, 1.807) is 0 Å². The molecule has 0 aromatic rings. The molecule has 0 aromatic carbocycles. The molecule has 10 nitrogen and oxygen atoms in total. The molecule has 1 heterocycles. The fraction of sp³-hybridized carbons (Fsp3) is 0.786. The van der Waals surface area contributed by atoms with Crippen molar-refractivity contribution in [1.82, 2.24) is 5.32 Å². The molecule has 3 unspecified atom stereocenters. The number of carbonyl (C=O) groups excluding carboxylic acids is 4. The molecular formula is C28H46NNaO9S. The van der Waals surface area contributed by atoms with E-state index in [1.165, 1.54) is 6.42 Å². The Balaban J connectivity index is 0.00000104. The van der Waals surface area contributed by atoms with E-state index in [4.69, 9.17) is 9.47 Å². The number of hydrogen-bond donors (Lipinski definition) is 1. The number of amides is 2. The second-order valence-electron chi connectivity index (χ2n) is 10.1. The van der Waals surface area contributed by atoms with E-state index in [0.29, 0.717) is 12.8 Å². The van der Waals surface area contributed by atoms with Crippen molar-refractivity contribution in [3.63, 3.8) is 0 Å². The third-order valence-corrected chi connectivity index (χ3v) is 7.83. The molecule has 1 N–H and O–H groups in total. The van der Waals surface area contributed by atoms with Crippen molar-refractivity contribution in [3.05, 3.63) is 12.2 Å². The van der Waals surface area contributed by atoms with E-state index in [9.17, 15) is 32.1 Å². The number of esters is 2. The molecule has 0 aromatic heterocycles. The van der Waals surface area contributed by atoms with Crippen LogP contribution in [0, 0.1) is 11.8 Å². The van der Waals surface area contributed by atoms with Gasteiger partial charge in [-0.15, -0.1) is 0 Å². The van der Waals surface area contributed by atoms with Crippen LogP contribution in [0.3, 0.4) is 0 Å². The summed E-state index contributed by atoms with van der Waals surface area (Å²) < 4.78 is 43.8. The van der Waals surface area contributed by atoms with Crippen LogP contribution in [0.15, 0.2) is 12.2 Å². The van der Waals surface area contributed by atoms with Crippen LogP contribution in [0.5, 0.6) is 0 Å². The molecule has 0 radical (unpaired) electrons. The van der Waals surface area contributed by atoms with E-state index < -0.39 is 33.7 Å². The SMILES string of the molecule is CCCCCCCCOC(=O)CC(C(=O)OCCCCCCCC)S(=O)(=O)[O-].O=C1NC(=O)C2CCC=CC12.[Na+]. The molecule has 3 atom stereocenters. The van der Waals surface area contributed by atoms with Crippen molar-refractivity contribution in [3.8, 4) is 0 Å². The standard InChI is InChI=1S/C20H38O7S.C8H9NO2.Na/c1-3-5-7-9-11-13-15-26-19(21)17-18(28(23,24)25)20(22)27-16-14-12-10-8-6-4-2;10-7-5-3-1-2-4-6(5)8(11)9-7;/h18H,3-17H2,1-2H3,(H,23,24,25);1,3,5-6H,2,4H2,(H,9,10,11);/q;;+1/p-1. The van der Waals surface area contributed by atoms with Crippen LogP contribution < -0.4 is 34.9 Å². The summed E-state index contributed by atoms with van der Waals surface area (Å²) in [5.41, 5.74) is 0. The normalized spacial score (nSPS) is 18.5. The van der Waals surface area contributed by atoms with E-state index in [-0.39, 0.29) is 66.4 Å². The van der Waals surface area contributed by atoms with Crippen molar-refractivity contribution >= 4 is 33.9 Å². The van der Waals surface area contributed by atoms with Crippen LogP contribution in [0.1, 0.15) is 110 Å². The largest absolute Gasteiger partial charge is 1.00 e. The van der Waals surface area contributed by atoms with Crippen LogP contribution >= 0.6 is 0 Å². The minimum atomic E-state index is -4.98. The fourth-order valence-corrected chi connectivity index (χ4v) is 5.07. The van der Waals surface area contributed by atoms with Crippen LogP contribution in [0.2, 0.25) is 0 Å². The van der Waals surface area contributed by atoms with Crippen LogP contribution in [0.4, 0.5) is 0 Å². The van der Waals surface area contributed by atoms with Gasteiger partial charge in [0.05, 0.1) is 31.5 Å². The fourth-order valence-electron chi connectivity index (χ4n) is 4.42. The summed E-state index contributed by atoms with van der Waals surface area (Å²) >= 11 is 0. The first-order valence-corrected chi connectivity index (χ1v) is 15.9. The summed E-state index contributed by atoms with van der Waals surface area (Å²) in [5.74, 6) is -2.50. The molecule has 1 aliphatic carbocycles. The predicted octanol–water partition coefficient (Wildman–Crippen LogP) is 1.33. The Morgan fingerprint density at radius 2 is 1.43 bits per heavy atom. The Hall–Kier alpha value is -1.27. The third-order valence-electron chi connectivity index (χ3n) is 6.77. The van der Waals surface area contributed by atoms with Crippen LogP contribution in [-0.2, 0) is 38.8 Å². The Morgan fingerprint density at radius 3 is 1.95 bits per heavy atom. The molecule has 0 spiro atoms. The van der Waals surface area contributed by atoms with Gasteiger partial charge in [0.2, 0.25) is 11.8 Å². The van der Waals surface area contributed by atoms with E-state index in [1.807, 2.05) is 12.2 Å². The molecule has 0 saturated carbocycles. The first-order valence-electron chi connectivity index (χ1n) is 14.4. The average molecular weight is 596 g/mol. The van der Waals surface area contributed by atoms with Gasteiger partial charge in [0, 0.05) is 0 Å². The number of rotatable bonds is 18. The van der Waals surface area contributed by atoms with Crippen molar-refractivity contribution in [2.75, 3.05) is 13.2 Å². The van der Waals surface area contributed by atoms with E-state index in [2.05, 4.69) is 19.2 Å². The molecule has 0 bridgehead atoms. The maximum Gasteiger partial charge on any atom is 1.00 e. The van der Waals surface area contributed by atoms with Crippen LogP contribution in [-0.4, -0.2) is 55.2 Å². The van der Waals surface area contributed by atoms with Gasteiger partial charge in [-0.25, -0.2) is 8.42 Å². The number of unbranched alkanes of at least 4 members (excludes halogenated alkanes) is 10. The predicted molar refractivity (Wildman–Crippen MR) is 145 cm³/mol. The van der Waals surface area contributed by atoms with Gasteiger partial charge in [0.25, 0.3) is 0 Å². The molecule has 1 fully saturated rings. The van der Waals surface area contributed by atoms with Gasteiger partial charge in [0.1, 0.15) is 10.1 Å². The Bertz CT molecular complexity index is 907. The summed E-state index contributed by atoms with van der Waals surface area (Å²) in [7, 11) is -4.98. The summed E-state index contributed by atoms with van der Waals surface area (Å²) in [6.45, 7) is 4.44. The summed E-state index contributed by atoms with van der Waals surface area (Å²) in [5, 5.41) is 0.292. The number of carbonyl (C=O) groups is 4. The zero-order valence-electron chi connectivity index (χ0n) is 24.5. The molecule has 2 aliphatic rings. The third kappa shape index (κ3) is 16.2. The van der Waals surface area contributed by atoms with Crippen LogP contribution in [0.25, 0.3) is 0 Å². The molecular weight excluding hydrogens is 549 g/mol. The molecule has 40 heavy (non-hydrogen) atoms. The first kappa shape index (κ1) is 38.7. The number of fused-ring (bicyclic) bond motifs is 1. The topological polar surface area (TPSA) is 156 Å². The van der Waals surface area contributed by atoms with Crippen molar-refractivity contribution in [2.24, 2.45) is 11.8 Å². The van der Waals surface area contributed by atoms with Crippen molar-refractivity contribution < 1.29 is 71.2 Å². The van der Waals surface area contributed by atoms with Gasteiger partial charge in [-0.1, -0.05) is 90.2 Å². The van der Waals surface area contributed by atoms with E-state index >= 15 is 0 Å². The number of allylic oxidation sites excluding steroid dienone is 1. The van der Waals surface area contributed by atoms with Gasteiger partial charge >= 0.3 is 41.5 Å². The summed E-state index contributed by atoms with van der Waals surface area (Å²) in [6.07, 6.45) is 16.7. The number of nitrogens with one attached hydrogen (secondary N) is 1. The first-order chi connectivity index (χ1) is 18.6. The summed E-state index contributed by atoms with van der Waals surface area (Å²) in [6, 6.07) is 0. The van der Waals surface area contributed by atoms with Gasteiger partial charge in [-0.3, -0.25) is 24.5 Å². The minimum absolute atomic E-state index is 0. The van der Waals surface area contributed by atoms with Gasteiger partial charge in [0.15, 0.2) is 5.25 Å². The quantitative estimate of drug-likeness (QED) is 0.0617. The van der Waals surface area contributed by atoms with Crippen molar-refractivity contribution in [1.29, 1.82) is 0 Å². The second-order valence-corrected chi connectivity index (χ2v) is 11.7. The smallest absolute Gasteiger partial charge is 0.747 e. The number of hydrogen-bond acceptors (Lipinski definition) is 9. The summed E-state index contributed by atoms with van der Waals surface area (Å²) in [4.78, 5) is 45.8. The zero-order chi connectivity index (χ0) is 29.1. The molecule has 1 saturated heterocycles. The van der Waals surface area contributed by atoms with Crippen molar-refractivity contribution in [2.45, 2.75) is 115 Å². The Kier molecular flexibility index (Phi) is 21.6. The number of ether oxygens (including phenoxy) is 2. The maximum absolute atomic E-state index is 11.9. The zero-order valence-corrected chi connectivity index (χ0v) is 27.3. The second kappa shape index (κ2) is 22.3. The maximum atomic E-state index is 11.9. The molecule has 1 aliphatic heterocycles. The molecule has 2 rings (SSSR count). The monoisotopic (exact) mass is 595 g/mol. The molecule has 12 heteroatoms. The molecule has 2 amide bonds. The molecule has 224 valence electrons. The number of imide groups is 1. The Labute approximate surface area is 261 Å². The average Bonchev–Trinajstić information content (AvgIpc) is 3.19. The minimum Gasteiger partial charge on any atom is -0.747 e. The van der Waals surface area contributed by atoms with Gasteiger partial charge < -0.3 is 14.0 Å².